The Labute approximate surface area is 176 Å². The predicted octanol–water partition coefficient (Wildman–Crippen LogP) is 5.38. The number of hydrogen-bond acceptors (Lipinski definition) is 4. The number of rotatable bonds is 6. The van der Waals surface area contributed by atoms with Gasteiger partial charge in [-0.25, -0.2) is 9.97 Å². The first-order chi connectivity index (χ1) is 14.7. The van der Waals surface area contributed by atoms with Crippen molar-refractivity contribution in [1.29, 1.82) is 0 Å². The Kier molecular flexibility index (Phi) is 5.80. The van der Waals surface area contributed by atoms with Gasteiger partial charge in [0.15, 0.2) is 0 Å². The molecule has 0 bridgehead atoms. The third-order valence-corrected chi connectivity index (χ3v) is 4.60. The molecule has 1 N–H and O–H groups in total. The Hall–Kier alpha value is -3.99. The van der Waals surface area contributed by atoms with Crippen LogP contribution in [0.3, 0.4) is 0 Å². The number of benzene rings is 3. The molecule has 0 saturated carbocycles. The number of nitrogens with one attached hydrogen (secondary N) is 1. The first kappa shape index (κ1) is 19.3. The lowest BCUT2D eigenvalue weighted by atomic mass is 10.1. The Morgan fingerprint density at radius 2 is 1.43 bits per heavy atom. The maximum absolute atomic E-state index is 13.5. The minimum absolute atomic E-state index is 0.174. The zero-order valence-electron chi connectivity index (χ0n) is 16.7. The van der Waals surface area contributed by atoms with Crippen LogP contribution < -0.4 is 10.2 Å². The summed E-state index contributed by atoms with van der Waals surface area (Å²) in [5, 5.41) is 3.18. The molecule has 0 spiro atoms. The molecule has 0 aliphatic carbocycles. The number of aryl methyl sites for hydroxylation is 1. The summed E-state index contributed by atoms with van der Waals surface area (Å²) in [6.45, 7) is 2.31. The van der Waals surface area contributed by atoms with Crippen molar-refractivity contribution in [2.45, 2.75) is 13.5 Å². The van der Waals surface area contributed by atoms with Gasteiger partial charge in [-0.3, -0.25) is 4.79 Å². The highest BCUT2D eigenvalue weighted by Crippen LogP contribution is 2.21. The molecule has 1 heterocycles. The third-order valence-electron chi connectivity index (χ3n) is 4.60. The van der Waals surface area contributed by atoms with Gasteiger partial charge in [0, 0.05) is 17.1 Å². The Morgan fingerprint density at radius 1 is 0.833 bits per heavy atom. The van der Waals surface area contributed by atoms with Crippen molar-refractivity contribution < 1.29 is 4.79 Å². The van der Waals surface area contributed by atoms with E-state index in [-0.39, 0.29) is 5.91 Å². The number of carbonyl (C=O) groups is 1. The van der Waals surface area contributed by atoms with E-state index >= 15 is 0 Å². The molecule has 1 amide bonds. The number of anilines is 3. The molecule has 0 aliphatic heterocycles. The molecule has 148 valence electrons. The van der Waals surface area contributed by atoms with E-state index in [1.165, 1.54) is 0 Å². The van der Waals surface area contributed by atoms with E-state index in [0.29, 0.717) is 18.2 Å². The quantitative estimate of drug-likeness (QED) is 0.477. The van der Waals surface area contributed by atoms with E-state index in [2.05, 4.69) is 15.3 Å². The highest BCUT2D eigenvalue weighted by Gasteiger charge is 2.20. The second-order valence-corrected chi connectivity index (χ2v) is 6.92. The first-order valence-electron chi connectivity index (χ1n) is 9.77. The van der Waals surface area contributed by atoms with Crippen molar-refractivity contribution in [3.8, 4) is 0 Å². The van der Waals surface area contributed by atoms with Crippen LogP contribution in [0.5, 0.6) is 0 Å². The molecule has 30 heavy (non-hydrogen) atoms. The number of hydrogen-bond donors (Lipinski definition) is 1. The van der Waals surface area contributed by atoms with Gasteiger partial charge in [-0.15, -0.1) is 0 Å². The van der Waals surface area contributed by atoms with Crippen molar-refractivity contribution >= 4 is 23.2 Å². The van der Waals surface area contributed by atoms with E-state index < -0.39 is 0 Å². The number of para-hydroxylation sites is 2. The van der Waals surface area contributed by atoms with Gasteiger partial charge < -0.3 is 10.2 Å². The fourth-order valence-electron chi connectivity index (χ4n) is 3.18. The van der Waals surface area contributed by atoms with Crippen LogP contribution in [0.2, 0.25) is 0 Å². The van der Waals surface area contributed by atoms with Gasteiger partial charge in [0.05, 0.1) is 6.54 Å². The van der Waals surface area contributed by atoms with E-state index in [9.17, 15) is 4.79 Å². The lowest BCUT2D eigenvalue weighted by Crippen LogP contribution is -2.31. The van der Waals surface area contributed by atoms with Crippen LogP contribution in [0.25, 0.3) is 0 Å². The molecule has 4 aromatic rings. The first-order valence-corrected chi connectivity index (χ1v) is 9.77. The molecule has 0 aliphatic rings. The summed E-state index contributed by atoms with van der Waals surface area (Å²) in [5.74, 6) is 0.226. The van der Waals surface area contributed by atoms with Crippen molar-refractivity contribution in [2.75, 3.05) is 10.2 Å². The molecule has 3 aromatic carbocycles. The third kappa shape index (κ3) is 4.70. The van der Waals surface area contributed by atoms with Gasteiger partial charge in [0.1, 0.15) is 5.69 Å². The van der Waals surface area contributed by atoms with Gasteiger partial charge >= 0.3 is 0 Å². The smallest absolute Gasteiger partial charge is 0.277 e. The molecule has 1 aromatic heterocycles. The van der Waals surface area contributed by atoms with Crippen molar-refractivity contribution in [2.24, 2.45) is 0 Å². The van der Waals surface area contributed by atoms with E-state index in [1.54, 1.807) is 11.0 Å². The molecule has 0 atom stereocenters. The van der Waals surface area contributed by atoms with E-state index in [4.69, 9.17) is 0 Å². The molecule has 0 unspecified atom stereocenters. The highest BCUT2D eigenvalue weighted by atomic mass is 16.2. The molecular weight excluding hydrogens is 372 g/mol. The average molecular weight is 394 g/mol. The Morgan fingerprint density at radius 3 is 2.10 bits per heavy atom. The van der Waals surface area contributed by atoms with E-state index in [0.717, 1.165) is 22.6 Å². The topological polar surface area (TPSA) is 58.1 Å². The van der Waals surface area contributed by atoms with Crippen molar-refractivity contribution in [3.05, 3.63) is 114 Å². The van der Waals surface area contributed by atoms with E-state index in [1.807, 2.05) is 97.9 Å². The molecule has 0 radical (unpaired) electrons. The molecule has 5 nitrogen and oxygen atoms in total. The standard InChI is InChI=1S/C25H22N4O/c1-19-17-23(28-25(26-19)27-21-13-7-3-8-14-21)24(30)29(22-15-9-4-10-16-22)18-20-11-5-2-6-12-20/h2-17H,18H2,1H3,(H,26,27,28). The summed E-state index contributed by atoms with van der Waals surface area (Å²) < 4.78 is 0. The monoisotopic (exact) mass is 394 g/mol. The highest BCUT2D eigenvalue weighted by molar-refractivity contribution is 6.05. The van der Waals surface area contributed by atoms with Gasteiger partial charge in [-0.05, 0) is 42.8 Å². The summed E-state index contributed by atoms with van der Waals surface area (Å²) in [6.07, 6.45) is 0. The predicted molar refractivity (Wildman–Crippen MR) is 120 cm³/mol. The second kappa shape index (κ2) is 9.01. The molecule has 5 heteroatoms. The van der Waals surface area contributed by atoms with Crippen LogP contribution in [0.1, 0.15) is 21.7 Å². The van der Waals surface area contributed by atoms with Crippen LogP contribution in [0.4, 0.5) is 17.3 Å². The molecular formula is C25H22N4O. The average Bonchev–Trinajstić information content (AvgIpc) is 2.78. The van der Waals surface area contributed by atoms with Crippen LogP contribution in [-0.2, 0) is 6.54 Å². The van der Waals surface area contributed by atoms with Crippen molar-refractivity contribution in [3.63, 3.8) is 0 Å². The zero-order chi connectivity index (χ0) is 20.8. The summed E-state index contributed by atoms with van der Waals surface area (Å²) in [6, 6.07) is 31.0. The van der Waals surface area contributed by atoms with Gasteiger partial charge in [0.25, 0.3) is 5.91 Å². The summed E-state index contributed by atoms with van der Waals surface area (Å²) in [5.41, 5.74) is 3.80. The fraction of sp³-hybridized carbons (Fsp3) is 0.0800. The fourth-order valence-corrected chi connectivity index (χ4v) is 3.18. The number of aromatic nitrogens is 2. The summed E-state index contributed by atoms with van der Waals surface area (Å²) >= 11 is 0. The van der Waals surface area contributed by atoms with Crippen LogP contribution >= 0.6 is 0 Å². The minimum Gasteiger partial charge on any atom is -0.324 e. The SMILES string of the molecule is Cc1cc(C(=O)N(Cc2ccccc2)c2ccccc2)nc(Nc2ccccc2)n1. The largest absolute Gasteiger partial charge is 0.324 e. The van der Waals surface area contributed by atoms with Crippen LogP contribution in [0, 0.1) is 6.92 Å². The van der Waals surface area contributed by atoms with Crippen LogP contribution in [-0.4, -0.2) is 15.9 Å². The Bertz CT molecular complexity index is 1120. The lowest BCUT2D eigenvalue weighted by molar-refractivity contribution is 0.0980. The normalized spacial score (nSPS) is 10.4. The lowest BCUT2D eigenvalue weighted by Gasteiger charge is -2.23. The second-order valence-electron chi connectivity index (χ2n) is 6.92. The maximum Gasteiger partial charge on any atom is 0.277 e. The van der Waals surface area contributed by atoms with Crippen LogP contribution in [0.15, 0.2) is 97.1 Å². The minimum atomic E-state index is -0.174. The molecule has 0 fully saturated rings. The number of carbonyl (C=O) groups excluding carboxylic acids is 1. The van der Waals surface area contributed by atoms with Gasteiger partial charge in [-0.2, -0.15) is 0 Å². The summed E-state index contributed by atoms with van der Waals surface area (Å²) in [7, 11) is 0. The number of nitrogens with zero attached hydrogens (tertiary/aromatic N) is 3. The molecule has 4 rings (SSSR count). The maximum atomic E-state index is 13.5. The van der Waals surface area contributed by atoms with Gasteiger partial charge in [-0.1, -0.05) is 66.7 Å². The summed E-state index contributed by atoms with van der Waals surface area (Å²) in [4.78, 5) is 24.2. The molecule has 0 saturated heterocycles. The number of amides is 1. The van der Waals surface area contributed by atoms with Crippen molar-refractivity contribution in [1.82, 2.24) is 9.97 Å². The Balaban J connectivity index is 1.67. The van der Waals surface area contributed by atoms with Gasteiger partial charge in [0.2, 0.25) is 5.95 Å². The zero-order valence-corrected chi connectivity index (χ0v) is 16.7.